The molecule has 0 bridgehead atoms. The van der Waals surface area contributed by atoms with Crippen LogP contribution in [0, 0.1) is 5.92 Å². The molecule has 3 rings (SSSR count). The van der Waals surface area contributed by atoms with Crippen LogP contribution in [0.1, 0.15) is 80.1 Å². The molecule has 0 aliphatic heterocycles. The van der Waals surface area contributed by atoms with Gasteiger partial charge >= 0.3 is 5.97 Å². The summed E-state index contributed by atoms with van der Waals surface area (Å²) in [5, 5.41) is 0. The summed E-state index contributed by atoms with van der Waals surface area (Å²) in [6.07, 6.45) is 10.7. The zero-order chi connectivity index (χ0) is 19.8. The Morgan fingerprint density at radius 1 is 0.893 bits per heavy atom. The standard InChI is InChI=1S/C25H32O3/c1-3-4-5-6-19-7-9-20(10-8-19)21-11-13-22(14-12-21)25(26)28-24-17-15-23(27-2)16-18-24/h11-20H,3-10H2,1-2H3. The summed E-state index contributed by atoms with van der Waals surface area (Å²) in [5.41, 5.74) is 1.95. The first-order valence-electron chi connectivity index (χ1n) is 10.7. The average molecular weight is 381 g/mol. The zero-order valence-corrected chi connectivity index (χ0v) is 17.2. The van der Waals surface area contributed by atoms with Gasteiger partial charge in [-0.3, -0.25) is 0 Å². The summed E-state index contributed by atoms with van der Waals surface area (Å²) in [5.74, 6) is 2.49. The number of unbranched alkanes of at least 4 members (excludes halogenated alkanes) is 2. The average Bonchev–Trinajstić information content (AvgIpc) is 2.75. The van der Waals surface area contributed by atoms with Crippen LogP contribution in [0.25, 0.3) is 0 Å². The summed E-state index contributed by atoms with van der Waals surface area (Å²) in [6, 6.07) is 15.0. The Balaban J connectivity index is 1.51. The maximum Gasteiger partial charge on any atom is 0.343 e. The number of carbonyl (C=O) groups is 1. The maximum atomic E-state index is 12.4. The molecule has 3 nitrogen and oxygen atoms in total. The van der Waals surface area contributed by atoms with E-state index in [1.54, 1.807) is 31.4 Å². The Hall–Kier alpha value is -2.29. The second-order valence-corrected chi connectivity index (χ2v) is 7.90. The second kappa shape index (κ2) is 10.3. The SMILES string of the molecule is CCCCCC1CCC(c2ccc(C(=O)Oc3ccc(OC)cc3)cc2)CC1. The second-order valence-electron chi connectivity index (χ2n) is 7.90. The summed E-state index contributed by atoms with van der Waals surface area (Å²) < 4.78 is 10.6. The quantitative estimate of drug-likeness (QED) is 0.288. The molecule has 1 fully saturated rings. The van der Waals surface area contributed by atoms with Gasteiger partial charge in [0.25, 0.3) is 0 Å². The number of hydrogen-bond acceptors (Lipinski definition) is 3. The Kier molecular flexibility index (Phi) is 7.53. The molecule has 0 spiro atoms. The molecule has 0 saturated heterocycles. The molecule has 0 N–H and O–H groups in total. The highest BCUT2D eigenvalue weighted by Crippen LogP contribution is 2.37. The van der Waals surface area contributed by atoms with Crippen molar-refractivity contribution in [3.63, 3.8) is 0 Å². The zero-order valence-electron chi connectivity index (χ0n) is 17.2. The largest absolute Gasteiger partial charge is 0.497 e. The van der Waals surface area contributed by atoms with E-state index in [9.17, 15) is 4.79 Å². The van der Waals surface area contributed by atoms with Gasteiger partial charge in [0.15, 0.2) is 0 Å². The molecule has 1 saturated carbocycles. The third kappa shape index (κ3) is 5.60. The summed E-state index contributed by atoms with van der Waals surface area (Å²) in [4.78, 5) is 12.4. The first-order chi connectivity index (χ1) is 13.7. The topological polar surface area (TPSA) is 35.5 Å². The Labute approximate surface area is 169 Å². The number of benzene rings is 2. The van der Waals surface area contributed by atoms with Gasteiger partial charge in [-0.2, -0.15) is 0 Å². The van der Waals surface area contributed by atoms with Crippen LogP contribution in [0.4, 0.5) is 0 Å². The van der Waals surface area contributed by atoms with Crippen molar-refractivity contribution in [2.24, 2.45) is 5.92 Å². The number of hydrogen-bond donors (Lipinski definition) is 0. The van der Waals surface area contributed by atoms with Gasteiger partial charge in [0.1, 0.15) is 11.5 Å². The van der Waals surface area contributed by atoms with Crippen molar-refractivity contribution >= 4 is 5.97 Å². The van der Waals surface area contributed by atoms with Crippen molar-refractivity contribution in [2.75, 3.05) is 7.11 Å². The van der Waals surface area contributed by atoms with E-state index in [-0.39, 0.29) is 5.97 Å². The normalized spacial score (nSPS) is 19.2. The molecule has 0 atom stereocenters. The fraction of sp³-hybridized carbons (Fsp3) is 0.480. The lowest BCUT2D eigenvalue weighted by Gasteiger charge is -2.29. The highest BCUT2D eigenvalue weighted by Gasteiger charge is 2.22. The van der Waals surface area contributed by atoms with E-state index in [1.807, 2.05) is 12.1 Å². The van der Waals surface area contributed by atoms with E-state index < -0.39 is 0 Å². The molecule has 2 aromatic rings. The van der Waals surface area contributed by atoms with Crippen LogP contribution in [0.5, 0.6) is 11.5 Å². The highest BCUT2D eigenvalue weighted by atomic mass is 16.5. The Morgan fingerprint density at radius 3 is 2.14 bits per heavy atom. The van der Waals surface area contributed by atoms with Crippen LogP contribution in [0.2, 0.25) is 0 Å². The van der Waals surface area contributed by atoms with E-state index in [0.29, 0.717) is 17.2 Å². The van der Waals surface area contributed by atoms with Gasteiger partial charge < -0.3 is 9.47 Å². The first kappa shape index (κ1) is 20.4. The van der Waals surface area contributed by atoms with Gasteiger partial charge in [-0.1, -0.05) is 44.7 Å². The Bertz CT molecular complexity index is 725. The van der Waals surface area contributed by atoms with E-state index >= 15 is 0 Å². The molecule has 0 aromatic heterocycles. The number of carbonyl (C=O) groups excluding carboxylic acids is 1. The predicted molar refractivity (Wildman–Crippen MR) is 113 cm³/mol. The third-order valence-corrected chi connectivity index (χ3v) is 5.95. The lowest BCUT2D eigenvalue weighted by Crippen LogP contribution is -2.14. The summed E-state index contributed by atoms with van der Waals surface area (Å²) in [7, 11) is 1.61. The maximum absolute atomic E-state index is 12.4. The molecule has 3 heteroatoms. The molecule has 0 amide bonds. The lowest BCUT2D eigenvalue weighted by atomic mass is 9.77. The van der Waals surface area contributed by atoms with Crippen molar-refractivity contribution in [3.05, 3.63) is 59.7 Å². The molecular weight excluding hydrogens is 348 g/mol. The van der Waals surface area contributed by atoms with Crippen LogP contribution in [0.15, 0.2) is 48.5 Å². The molecule has 0 unspecified atom stereocenters. The number of ether oxygens (including phenoxy) is 2. The number of esters is 1. The van der Waals surface area contributed by atoms with Crippen molar-refractivity contribution < 1.29 is 14.3 Å². The first-order valence-corrected chi connectivity index (χ1v) is 10.7. The van der Waals surface area contributed by atoms with E-state index in [1.165, 1.54) is 56.9 Å². The number of rotatable bonds is 8. The van der Waals surface area contributed by atoms with Crippen LogP contribution in [-0.2, 0) is 0 Å². The molecule has 150 valence electrons. The monoisotopic (exact) mass is 380 g/mol. The van der Waals surface area contributed by atoms with Crippen LogP contribution in [0.3, 0.4) is 0 Å². The van der Waals surface area contributed by atoms with Crippen LogP contribution in [-0.4, -0.2) is 13.1 Å². The molecule has 0 heterocycles. The van der Waals surface area contributed by atoms with E-state index in [4.69, 9.17) is 9.47 Å². The fourth-order valence-corrected chi connectivity index (χ4v) is 4.17. The Morgan fingerprint density at radius 2 is 1.54 bits per heavy atom. The van der Waals surface area contributed by atoms with E-state index in [0.717, 1.165) is 11.7 Å². The minimum atomic E-state index is -0.323. The number of methoxy groups -OCH3 is 1. The summed E-state index contributed by atoms with van der Waals surface area (Å²) in [6.45, 7) is 2.27. The van der Waals surface area contributed by atoms with Crippen molar-refractivity contribution in [1.82, 2.24) is 0 Å². The van der Waals surface area contributed by atoms with Crippen LogP contribution >= 0.6 is 0 Å². The highest BCUT2D eigenvalue weighted by molar-refractivity contribution is 5.91. The van der Waals surface area contributed by atoms with Crippen LogP contribution < -0.4 is 9.47 Å². The molecule has 0 radical (unpaired) electrons. The van der Waals surface area contributed by atoms with E-state index in [2.05, 4.69) is 19.1 Å². The van der Waals surface area contributed by atoms with Crippen molar-refractivity contribution in [1.29, 1.82) is 0 Å². The fourth-order valence-electron chi connectivity index (χ4n) is 4.17. The molecular formula is C25H32O3. The van der Waals surface area contributed by atoms with Gasteiger partial charge in [0.2, 0.25) is 0 Å². The minimum absolute atomic E-state index is 0.323. The molecule has 1 aliphatic rings. The smallest absolute Gasteiger partial charge is 0.343 e. The molecule has 2 aromatic carbocycles. The van der Waals surface area contributed by atoms with Gasteiger partial charge in [-0.15, -0.1) is 0 Å². The van der Waals surface area contributed by atoms with Gasteiger partial charge in [-0.05, 0) is 79.5 Å². The van der Waals surface area contributed by atoms with Gasteiger partial charge in [0, 0.05) is 0 Å². The molecule has 1 aliphatic carbocycles. The van der Waals surface area contributed by atoms with Gasteiger partial charge in [0.05, 0.1) is 12.7 Å². The molecule has 28 heavy (non-hydrogen) atoms. The van der Waals surface area contributed by atoms with Crippen molar-refractivity contribution in [2.45, 2.75) is 64.2 Å². The summed E-state index contributed by atoms with van der Waals surface area (Å²) >= 11 is 0. The lowest BCUT2D eigenvalue weighted by molar-refractivity contribution is 0.0734. The van der Waals surface area contributed by atoms with Gasteiger partial charge in [-0.25, -0.2) is 4.79 Å². The minimum Gasteiger partial charge on any atom is -0.497 e. The third-order valence-electron chi connectivity index (χ3n) is 5.95. The predicted octanol–water partition coefficient (Wildman–Crippen LogP) is 6.77. The van der Waals surface area contributed by atoms with Crippen molar-refractivity contribution in [3.8, 4) is 11.5 Å².